The van der Waals surface area contributed by atoms with Crippen molar-refractivity contribution in [2.75, 3.05) is 20.3 Å². The minimum atomic E-state index is -0.491. The zero-order chi connectivity index (χ0) is 18.9. The summed E-state index contributed by atoms with van der Waals surface area (Å²) >= 11 is 0. The number of urea groups is 1. The Morgan fingerprint density at radius 2 is 2.08 bits per heavy atom. The highest BCUT2D eigenvalue weighted by Crippen LogP contribution is 2.16. The van der Waals surface area contributed by atoms with Gasteiger partial charge in [-0.1, -0.05) is 56.5 Å². The van der Waals surface area contributed by atoms with E-state index in [2.05, 4.69) is 6.92 Å². The van der Waals surface area contributed by atoms with Crippen LogP contribution < -0.4 is 0 Å². The third-order valence-electron chi connectivity index (χ3n) is 4.50. The molecule has 142 valence electrons. The average Bonchev–Trinajstić information content (AvgIpc) is 2.93. The fourth-order valence-corrected chi connectivity index (χ4v) is 2.84. The maximum Gasteiger partial charge on any atom is 0.339 e. The van der Waals surface area contributed by atoms with Crippen LogP contribution >= 0.6 is 0 Å². The van der Waals surface area contributed by atoms with E-state index < -0.39 is 12.1 Å². The standard InChI is InChI=1S/C20H28N2O4/c1-3-4-6-11-18(23)13-12-17-14-22(20(25)21(17)2)15-26-19(24)16-9-7-5-8-10-16/h5,7-10,12-13,17-18,23H,3-4,6,11,14-15H2,1-2H3. The number of hydrogen-bond acceptors (Lipinski definition) is 4. The summed E-state index contributed by atoms with van der Waals surface area (Å²) in [4.78, 5) is 27.3. The van der Waals surface area contributed by atoms with Gasteiger partial charge in [-0.2, -0.15) is 0 Å². The molecule has 26 heavy (non-hydrogen) atoms. The minimum Gasteiger partial charge on any atom is -0.441 e. The van der Waals surface area contributed by atoms with Gasteiger partial charge in [0.15, 0.2) is 6.73 Å². The summed E-state index contributed by atoms with van der Waals surface area (Å²) in [5.41, 5.74) is 0.458. The molecule has 0 radical (unpaired) electrons. The van der Waals surface area contributed by atoms with Crippen molar-refractivity contribution in [1.29, 1.82) is 0 Å². The van der Waals surface area contributed by atoms with Gasteiger partial charge in [-0.3, -0.25) is 4.90 Å². The van der Waals surface area contributed by atoms with Crippen LogP contribution in [-0.4, -0.2) is 59.4 Å². The molecule has 2 atom stereocenters. The van der Waals surface area contributed by atoms with Crippen LogP contribution in [0.25, 0.3) is 0 Å². The SMILES string of the molecule is CCCCCC(O)C=CC1CN(COC(=O)c2ccccc2)C(=O)N1C. The van der Waals surface area contributed by atoms with Gasteiger partial charge in [-0.15, -0.1) is 0 Å². The van der Waals surface area contributed by atoms with E-state index in [4.69, 9.17) is 4.74 Å². The summed E-state index contributed by atoms with van der Waals surface area (Å²) < 4.78 is 5.24. The molecule has 0 spiro atoms. The van der Waals surface area contributed by atoms with Crippen LogP contribution in [0.15, 0.2) is 42.5 Å². The van der Waals surface area contributed by atoms with Crippen LogP contribution in [-0.2, 0) is 4.74 Å². The topological polar surface area (TPSA) is 70.1 Å². The number of rotatable bonds is 9. The molecule has 0 aliphatic carbocycles. The Labute approximate surface area is 155 Å². The summed E-state index contributed by atoms with van der Waals surface area (Å²) in [5.74, 6) is -0.452. The van der Waals surface area contributed by atoms with Crippen LogP contribution in [0, 0.1) is 0 Å². The first kappa shape index (κ1) is 20.0. The molecule has 0 saturated carbocycles. The van der Waals surface area contributed by atoms with Gasteiger partial charge in [-0.25, -0.2) is 9.59 Å². The second-order valence-electron chi connectivity index (χ2n) is 6.56. The highest BCUT2D eigenvalue weighted by molar-refractivity contribution is 5.89. The molecule has 2 rings (SSSR count). The average molecular weight is 360 g/mol. The van der Waals surface area contributed by atoms with Crippen molar-refractivity contribution in [1.82, 2.24) is 9.80 Å². The van der Waals surface area contributed by atoms with Crippen molar-refractivity contribution in [2.24, 2.45) is 0 Å². The van der Waals surface area contributed by atoms with Gasteiger partial charge in [0.2, 0.25) is 0 Å². The second-order valence-corrected chi connectivity index (χ2v) is 6.56. The van der Waals surface area contributed by atoms with Gasteiger partial charge in [0.05, 0.1) is 17.7 Å². The molecule has 1 aliphatic rings. The number of aliphatic hydroxyl groups is 1. The number of carbonyl (C=O) groups is 2. The van der Waals surface area contributed by atoms with E-state index in [1.54, 1.807) is 42.3 Å². The number of unbranched alkanes of at least 4 members (excludes halogenated alkanes) is 2. The summed E-state index contributed by atoms with van der Waals surface area (Å²) in [6.07, 6.45) is 7.06. The Kier molecular flexibility index (Phi) is 7.66. The predicted octanol–water partition coefficient (Wildman–Crippen LogP) is 3.03. The molecule has 1 fully saturated rings. The number of carbonyl (C=O) groups excluding carboxylic acids is 2. The lowest BCUT2D eigenvalue weighted by molar-refractivity contribution is 0.0326. The van der Waals surface area contributed by atoms with Gasteiger partial charge >= 0.3 is 12.0 Å². The number of benzene rings is 1. The maximum atomic E-state index is 12.3. The number of likely N-dealkylation sites (N-methyl/N-ethyl adjacent to an activating group) is 1. The van der Waals surface area contributed by atoms with Crippen molar-refractivity contribution >= 4 is 12.0 Å². The van der Waals surface area contributed by atoms with Gasteiger partial charge in [-0.05, 0) is 18.6 Å². The molecule has 1 N–H and O–H groups in total. The summed E-state index contributed by atoms with van der Waals surface area (Å²) in [6, 6.07) is 8.36. The van der Waals surface area contributed by atoms with Crippen molar-refractivity contribution in [3.63, 3.8) is 0 Å². The first-order chi connectivity index (χ1) is 12.5. The van der Waals surface area contributed by atoms with Crippen LogP contribution in [0.5, 0.6) is 0 Å². The van der Waals surface area contributed by atoms with Crippen molar-refractivity contribution in [3.05, 3.63) is 48.0 Å². The number of aliphatic hydroxyl groups excluding tert-OH is 1. The molecule has 2 amide bonds. The Balaban J connectivity index is 1.83. The molecule has 1 saturated heterocycles. The van der Waals surface area contributed by atoms with E-state index in [0.29, 0.717) is 12.1 Å². The minimum absolute atomic E-state index is 0.0830. The Hall–Kier alpha value is -2.34. The lowest BCUT2D eigenvalue weighted by Gasteiger charge is -2.15. The van der Waals surface area contributed by atoms with Crippen LogP contribution in [0.1, 0.15) is 43.0 Å². The number of esters is 1. The summed E-state index contributed by atoms with van der Waals surface area (Å²) in [5, 5.41) is 9.98. The van der Waals surface area contributed by atoms with Crippen LogP contribution in [0.4, 0.5) is 4.79 Å². The fraction of sp³-hybridized carbons (Fsp3) is 0.500. The van der Waals surface area contributed by atoms with Crippen molar-refractivity contribution in [2.45, 2.75) is 44.8 Å². The van der Waals surface area contributed by atoms with E-state index in [1.165, 1.54) is 4.90 Å². The van der Waals surface area contributed by atoms with Gasteiger partial charge in [0.25, 0.3) is 0 Å². The normalized spacial score (nSPS) is 18.6. The highest BCUT2D eigenvalue weighted by Gasteiger charge is 2.33. The molecule has 6 nitrogen and oxygen atoms in total. The first-order valence-corrected chi connectivity index (χ1v) is 9.13. The number of ether oxygens (including phenoxy) is 1. The zero-order valence-corrected chi connectivity index (χ0v) is 15.5. The van der Waals surface area contributed by atoms with Crippen LogP contribution in [0.3, 0.4) is 0 Å². The molecule has 1 aromatic rings. The molecule has 1 aliphatic heterocycles. The van der Waals surface area contributed by atoms with E-state index in [0.717, 1.165) is 25.7 Å². The molecule has 0 bridgehead atoms. The highest BCUT2D eigenvalue weighted by atomic mass is 16.5. The maximum absolute atomic E-state index is 12.3. The van der Waals surface area contributed by atoms with Crippen LogP contribution in [0.2, 0.25) is 0 Å². The molecule has 1 heterocycles. The number of amides is 2. The molecular formula is C20H28N2O4. The van der Waals surface area contributed by atoms with E-state index >= 15 is 0 Å². The monoisotopic (exact) mass is 360 g/mol. The lowest BCUT2D eigenvalue weighted by Crippen LogP contribution is -2.32. The number of nitrogens with zero attached hydrogens (tertiary/aromatic N) is 2. The van der Waals surface area contributed by atoms with Crippen molar-refractivity contribution in [3.8, 4) is 0 Å². The molecule has 2 unspecified atom stereocenters. The van der Waals surface area contributed by atoms with E-state index in [1.807, 2.05) is 12.1 Å². The zero-order valence-electron chi connectivity index (χ0n) is 15.5. The smallest absolute Gasteiger partial charge is 0.339 e. The number of hydrogen-bond donors (Lipinski definition) is 1. The third-order valence-corrected chi connectivity index (χ3v) is 4.50. The Bertz CT molecular complexity index is 617. The van der Waals surface area contributed by atoms with E-state index in [-0.39, 0.29) is 18.8 Å². The molecular weight excluding hydrogens is 332 g/mol. The van der Waals surface area contributed by atoms with Gasteiger partial charge < -0.3 is 14.7 Å². The van der Waals surface area contributed by atoms with Gasteiger partial charge in [0, 0.05) is 13.6 Å². The summed E-state index contributed by atoms with van der Waals surface area (Å²) in [7, 11) is 1.71. The Morgan fingerprint density at radius 1 is 1.35 bits per heavy atom. The fourth-order valence-electron chi connectivity index (χ4n) is 2.84. The van der Waals surface area contributed by atoms with E-state index in [9.17, 15) is 14.7 Å². The molecule has 0 aromatic heterocycles. The summed E-state index contributed by atoms with van der Waals surface area (Å²) in [6.45, 7) is 2.47. The first-order valence-electron chi connectivity index (χ1n) is 9.13. The second kappa shape index (κ2) is 9.97. The lowest BCUT2D eigenvalue weighted by atomic mass is 10.1. The Morgan fingerprint density at radius 3 is 2.77 bits per heavy atom. The molecule has 6 heteroatoms. The third kappa shape index (κ3) is 5.59. The predicted molar refractivity (Wildman–Crippen MR) is 99.7 cm³/mol. The largest absolute Gasteiger partial charge is 0.441 e. The quantitative estimate of drug-likeness (QED) is 0.417. The molecule has 1 aromatic carbocycles. The van der Waals surface area contributed by atoms with Gasteiger partial charge in [0.1, 0.15) is 0 Å². The van der Waals surface area contributed by atoms with Crippen molar-refractivity contribution < 1.29 is 19.4 Å².